The lowest BCUT2D eigenvalue weighted by molar-refractivity contribution is -0.142. The lowest BCUT2D eigenvalue weighted by Gasteiger charge is -2.09. The number of methoxy groups -OCH3 is 1. The largest absolute Gasteiger partial charge is 0.482 e. The Balaban J connectivity index is 0.00000364. The third-order valence-corrected chi connectivity index (χ3v) is 3.56. The Hall–Kier alpha value is -3.13. The number of nitrogen functional groups attached to an aromatic ring is 1. The van der Waals surface area contributed by atoms with Gasteiger partial charge in [-0.05, 0) is 30.2 Å². The Bertz CT molecular complexity index is 796. The van der Waals surface area contributed by atoms with Crippen LogP contribution in [0.3, 0.4) is 0 Å². The van der Waals surface area contributed by atoms with E-state index in [1.54, 1.807) is 12.1 Å². The van der Waals surface area contributed by atoms with E-state index in [2.05, 4.69) is 15.0 Å². The molecule has 0 unspecified atom stereocenters. The van der Waals surface area contributed by atoms with E-state index < -0.39 is 5.97 Å². The number of esters is 1. The number of nitrogens with zero attached hydrogens (tertiary/aromatic N) is 1. The molecule has 0 fully saturated rings. The summed E-state index contributed by atoms with van der Waals surface area (Å²) in [5.41, 5.74) is 7.09. The van der Waals surface area contributed by atoms with Crippen molar-refractivity contribution in [3.05, 3.63) is 59.4 Å². The predicted octanol–water partition coefficient (Wildman–Crippen LogP) is 1.31. The van der Waals surface area contributed by atoms with Crippen LogP contribution in [-0.4, -0.2) is 43.0 Å². The number of halogens is 1. The van der Waals surface area contributed by atoms with E-state index in [1.165, 1.54) is 25.6 Å². The van der Waals surface area contributed by atoms with Gasteiger partial charge in [0.15, 0.2) is 6.61 Å². The van der Waals surface area contributed by atoms with Crippen molar-refractivity contribution >= 4 is 30.1 Å². The van der Waals surface area contributed by atoms with Gasteiger partial charge in [-0.1, -0.05) is 12.1 Å². The first kappa shape index (κ1) is 21.9. The van der Waals surface area contributed by atoms with E-state index in [0.717, 1.165) is 5.56 Å². The molecule has 8 nitrogen and oxygen atoms in total. The van der Waals surface area contributed by atoms with Gasteiger partial charge in [0.2, 0.25) is 0 Å². The number of hydrogen-bond acceptors (Lipinski definition) is 6. The molecule has 9 heteroatoms. The Morgan fingerprint density at radius 2 is 1.89 bits per heavy atom. The Labute approximate surface area is 163 Å². The number of nitrogens with one attached hydrogen (secondary N) is 2. The molecule has 2 rings (SSSR count). The highest BCUT2D eigenvalue weighted by atomic mass is 35.5. The van der Waals surface area contributed by atoms with Crippen molar-refractivity contribution in [3.8, 4) is 5.75 Å². The maximum Gasteiger partial charge on any atom is 0.343 e. The standard InChI is InChI=1S/C18H20N4O4.ClH/c1-25-16(23)11-26-13-4-2-12(3-5-13)6-9-22-18(24)15-10-21-8-7-14(15)17(19)20;/h2-5,7-8,10H,6,9,11H2,1H3,(H3,19,20)(H,22,24);1H. The Morgan fingerprint density at radius 1 is 1.19 bits per heavy atom. The average Bonchev–Trinajstić information content (AvgIpc) is 2.66. The Kier molecular flexibility index (Phi) is 8.74. The molecule has 0 bridgehead atoms. The summed E-state index contributed by atoms with van der Waals surface area (Å²) in [7, 11) is 1.30. The molecule has 0 aliphatic carbocycles. The van der Waals surface area contributed by atoms with E-state index in [-0.39, 0.29) is 36.3 Å². The highest BCUT2D eigenvalue weighted by Gasteiger charge is 2.12. The molecule has 0 aliphatic heterocycles. The molecule has 1 aromatic carbocycles. The minimum absolute atomic E-state index is 0. The van der Waals surface area contributed by atoms with Gasteiger partial charge in [0.1, 0.15) is 11.6 Å². The van der Waals surface area contributed by atoms with Crippen LogP contribution in [0.4, 0.5) is 0 Å². The van der Waals surface area contributed by atoms with Gasteiger partial charge in [0, 0.05) is 24.5 Å². The summed E-state index contributed by atoms with van der Waals surface area (Å²) < 4.78 is 9.77. The van der Waals surface area contributed by atoms with Crippen molar-refractivity contribution < 1.29 is 19.1 Å². The maximum atomic E-state index is 12.2. The van der Waals surface area contributed by atoms with Crippen LogP contribution in [0.15, 0.2) is 42.7 Å². The van der Waals surface area contributed by atoms with Crippen molar-refractivity contribution in [3.63, 3.8) is 0 Å². The molecule has 0 radical (unpaired) electrons. The molecule has 1 heterocycles. The predicted molar refractivity (Wildman–Crippen MR) is 102 cm³/mol. The van der Waals surface area contributed by atoms with Crippen LogP contribution in [0.25, 0.3) is 0 Å². The number of amidine groups is 1. The number of amides is 1. The molecule has 4 N–H and O–H groups in total. The minimum atomic E-state index is -0.447. The van der Waals surface area contributed by atoms with E-state index in [9.17, 15) is 9.59 Å². The van der Waals surface area contributed by atoms with Crippen LogP contribution in [0.2, 0.25) is 0 Å². The number of aromatic nitrogens is 1. The zero-order chi connectivity index (χ0) is 18.9. The SMILES string of the molecule is COC(=O)COc1ccc(CCNC(=O)c2cnccc2C(=N)N)cc1.Cl. The van der Waals surface area contributed by atoms with Gasteiger partial charge in [0.25, 0.3) is 5.91 Å². The maximum absolute atomic E-state index is 12.2. The lowest BCUT2D eigenvalue weighted by Crippen LogP contribution is -2.28. The first-order valence-electron chi connectivity index (χ1n) is 7.86. The normalized spacial score (nSPS) is 9.67. The molecule has 0 atom stereocenters. The number of pyridine rings is 1. The third-order valence-electron chi connectivity index (χ3n) is 3.56. The van der Waals surface area contributed by atoms with Crippen molar-refractivity contribution in [2.45, 2.75) is 6.42 Å². The van der Waals surface area contributed by atoms with Crippen molar-refractivity contribution in [2.75, 3.05) is 20.3 Å². The second kappa shape index (κ2) is 10.8. The van der Waals surface area contributed by atoms with Gasteiger partial charge < -0.3 is 20.5 Å². The fraction of sp³-hybridized carbons (Fsp3) is 0.222. The molecule has 0 saturated carbocycles. The summed E-state index contributed by atoms with van der Waals surface area (Å²) in [4.78, 5) is 27.2. The number of carbonyl (C=O) groups excluding carboxylic acids is 2. The highest BCUT2D eigenvalue weighted by molar-refractivity contribution is 6.07. The number of rotatable bonds is 8. The molecule has 2 aromatic rings. The molecule has 27 heavy (non-hydrogen) atoms. The van der Waals surface area contributed by atoms with Crippen LogP contribution in [0, 0.1) is 5.41 Å². The van der Waals surface area contributed by atoms with Gasteiger partial charge in [-0.15, -0.1) is 12.4 Å². The number of carbonyl (C=O) groups is 2. The van der Waals surface area contributed by atoms with E-state index >= 15 is 0 Å². The molecule has 0 aliphatic rings. The minimum Gasteiger partial charge on any atom is -0.482 e. The molecule has 144 valence electrons. The van der Waals surface area contributed by atoms with Gasteiger partial charge in [-0.25, -0.2) is 4.79 Å². The quantitative estimate of drug-likeness (QED) is 0.353. The van der Waals surface area contributed by atoms with Crippen LogP contribution >= 0.6 is 12.4 Å². The highest BCUT2D eigenvalue weighted by Crippen LogP contribution is 2.12. The molecular formula is C18H21ClN4O4. The van der Waals surface area contributed by atoms with Crippen LogP contribution in [0.1, 0.15) is 21.5 Å². The zero-order valence-electron chi connectivity index (χ0n) is 14.7. The van der Waals surface area contributed by atoms with Gasteiger partial charge in [-0.2, -0.15) is 0 Å². The average molecular weight is 393 g/mol. The van der Waals surface area contributed by atoms with Crippen molar-refractivity contribution in [2.24, 2.45) is 5.73 Å². The summed E-state index contributed by atoms with van der Waals surface area (Å²) >= 11 is 0. The molecular weight excluding hydrogens is 372 g/mol. The summed E-state index contributed by atoms with van der Waals surface area (Å²) in [5, 5.41) is 10.3. The van der Waals surface area contributed by atoms with Crippen LogP contribution in [0.5, 0.6) is 5.75 Å². The van der Waals surface area contributed by atoms with Crippen molar-refractivity contribution in [1.29, 1.82) is 5.41 Å². The van der Waals surface area contributed by atoms with Gasteiger partial charge >= 0.3 is 5.97 Å². The number of nitrogens with two attached hydrogens (primary N) is 1. The number of ether oxygens (including phenoxy) is 2. The molecule has 0 saturated heterocycles. The number of hydrogen-bond donors (Lipinski definition) is 3. The number of benzene rings is 1. The smallest absolute Gasteiger partial charge is 0.343 e. The monoisotopic (exact) mass is 392 g/mol. The lowest BCUT2D eigenvalue weighted by atomic mass is 10.1. The zero-order valence-corrected chi connectivity index (χ0v) is 15.5. The van der Waals surface area contributed by atoms with Gasteiger partial charge in [0.05, 0.1) is 12.7 Å². The fourth-order valence-corrected chi connectivity index (χ4v) is 2.18. The molecule has 1 amide bonds. The van der Waals surface area contributed by atoms with Crippen LogP contribution in [-0.2, 0) is 16.0 Å². The first-order valence-corrected chi connectivity index (χ1v) is 7.86. The third kappa shape index (κ3) is 6.59. The fourth-order valence-electron chi connectivity index (χ4n) is 2.18. The summed E-state index contributed by atoms with van der Waals surface area (Å²) in [6.07, 6.45) is 3.48. The summed E-state index contributed by atoms with van der Waals surface area (Å²) in [6.45, 7) is 0.267. The first-order chi connectivity index (χ1) is 12.5. The van der Waals surface area contributed by atoms with Crippen LogP contribution < -0.4 is 15.8 Å². The second-order valence-electron chi connectivity index (χ2n) is 5.35. The molecule has 0 spiro atoms. The van der Waals surface area contributed by atoms with Crippen molar-refractivity contribution in [1.82, 2.24) is 10.3 Å². The van der Waals surface area contributed by atoms with Gasteiger partial charge in [-0.3, -0.25) is 15.2 Å². The second-order valence-corrected chi connectivity index (χ2v) is 5.35. The van der Waals surface area contributed by atoms with E-state index in [0.29, 0.717) is 24.3 Å². The summed E-state index contributed by atoms with van der Waals surface area (Å²) in [6, 6.07) is 8.72. The van der Waals surface area contributed by atoms with E-state index in [4.69, 9.17) is 15.9 Å². The van der Waals surface area contributed by atoms with E-state index in [1.807, 2.05) is 12.1 Å². The molecule has 1 aromatic heterocycles. The Morgan fingerprint density at radius 3 is 2.52 bits per heavy atom. The summed E-state index contributed by atoms with van der Waals surface area (Å²) in [5.74, 6) is -0.400. The topological polar surface area (TPSA) is 127 Å².